The van der Waals surface area contributed by atoms with Crippen molar-refractivity contribution in [3.8, 4) is 0 Å². The molecule has 3 aliphatic rings. The Labute approximate surface area is 122 Å². The Kier molecular flexibility index (Phi) is 5.13. The predicted molar refractivity (Wildman–Crippen MR) is 79.2 cm³/mol. The lowest BCUT2D eigenvalue weighted by atomic mass is 9.67. The van der Waals surface area contributed by atoms with E-state index in [9.17, 15) is 4.79 Å². The van der Waals surface area contributed by atoms with E-state index in [0.717, 1.165) is 25.7 Å². The Morgan fingerprint density at radius 1 is 0.947 bits per heavy atom. The molecule has 3 saturated carbocycles. The van der Waals surface area contributed by atoms with Crippen LogP contribution in [-0.4, -0.2) is 18.0 Å². The first-order chi connectivity index (χ1) is 8.74. The van der Waals surface area contributed by atoms with E-state index in [0.29, 0.717) is 35.7 Å². The van der Waals surface area contributed by atoms with Crippen LogP contribution in [0.1, 0.15) is 57.8 Å². The van der Waals surface area contributed by atoms with E-state index in [1.54, 1.807) is 0 Å². The molecule has 3 fully saturated rings. The molecule has 0 saturated heterocycles. The second kappa shape index (κ2) is 6.45. The molecule has 3 nitrogen and oxygen atoms in total. The van der Waals surface area contributed by atoms with E-state index >= 15 is 0 Å². The van der Waals surface area contributed by atoms with Gasteiger partial charge in [-0.15, -0.1) is 12.4 Å². The molecule has 3 rings (SSSR count). The van der Waals surface area contributed by atoms with Crippen molar-refractivity contribution in [1.29, 1.82) is 0 Å². The minimum Gasteiger partial charge on any atom is -0.353 e. The van der Waals surface area contributed by atoms with Gasteiger partial charge < -0.3 is 11.1 Å². The molecule has 4 heteroatoms. The standard InChI is InChI=1S/C15H26N2O.ClH/c16-13-8-11-6-3-7-12(9-13)14(11)17-15(18)10-4-1-2-5-10;/h10-14H,1-9,16H2,(H,17,18);1H. The molecular weight excluding hydrogens is 260 g/mol. The first-order valence-corrected chi connectivity index (χ1v) is 7.80. The number of nitrogens with one attached hydrogen (secondary N) is 1. The molecular formula is C15H27ClN2O. The maximum atomic E-state index is 12.3. The summed E-state index contributed by atoms with van der Waals surface area (Å²) in [5, 5.41) is 3.39. The molecule has 3 N–H and O–H groups in total. The fraction of sp³-hybridized carbons (Fsp3) is 0.933. The van der Waals surface area contributed by atoms with Gasteiger partial charge in [0.05, 0.1) is 0 Å². The molecule has 110 valence electrons. The highest BCUT2D eigenvalue weighted by molar-refractivity contribution is 5.85. The molecule has 0 aromatic rings. The van der Waals surface area contributed by atoms with Crippen LogP contribution in [0.2, 0.25) is 0 Å². The average Bonchev–Trinajstić information content (AvgIpc) is 2.83. The molecule has 19 heavy (non-hydrogen) atoms. The van der Waals surface area contributed by atoms with Crippen LogP contribution in [0.15, 0.2) is 0 Å². The molecule has 0 aliphatic heterocycles. The summed E-state index contributed by atoms with van der Waals surface area (Å²) in [5.41, 5.74) is 6.13. The van der Waals surface area contributed by atoms with Crippen molar-refractivity contribution in [2.45, 2.75) is 69.9 Å². The van der Waals surface area contributed by atoms with Gasteiger partial charge in [-0.2, -0.15) is 0 Å². The number of hydrogen-bond donors (Lipinski definition) is 2. The van der Waals surface area contributed by atoms with E-state index in [-0.39, 0.29) is 12.4 Å². The van der Waals surface area contributed by atoms with Gasteiger partial charge in [-0.3, -0.25) is 4.79 Å². The normalized spacial score (nSPS) is 38.6. The van der Waals surface area contributed by atoms with Gasteiger partial charge in [-0.1, -0.05) is 19.3 Å². The highest BCUT2D eigenvalue weighted by Gasteiger charge is 2.40. The summed E-state index contributed by atoms with van der Waals surface area (Å²) in [6.45, 7) is 0. The first-order valence-electron chi connectivity index (χ1n) is 7.80. The van der Waals surface area contributed by atoms with Crippen molar-refractivity contribution in [3.05, 3.63) is 0 Å². The summed E-state index contributed by atoms with van der Waals surface area (Å²) < 4.78 is 0. The second-order valence-corrected chi connectivity index (χ2v) is 6.70. The summed E-state index contributed by atoms with van der Waals surface area (Å²) in [4.78, 5) is 12.3. The number of amides is 1. The predicted octanol–water partition coefficient (Wildman–Crippen LogP) is 2.62. The minimum absolute atomic E-state index is 0. The third kappa shape index (κ3) is 3.25. The fourth-order valence-corrected chi connectivity index (χ4v) is 4.49. The highest BCUT2D eigenvalue weighted by Crippen LogP contribution is 2.40. The van der Waals surface area contributed by atoms with Gasteiger partial charge in [-0.05, 0) is 50.4 Å². The zero-order chi connectivity index (χ0) is 12.5. The van der Waals surface area contributed by atoms with Gasteiger partial charge >= 0.3 is 0 Å². The molecule has 2 atom stereocenters. The molecule has 1 amide bonds. The number of fused-ring (bicyclic) bond motifs is 2. The average molecular weight is 287 g/mol. The van der Waals surface area contributed by atoms with Crippen LogP contribution in [0.5, 0.6) is 0 Å². The summed E-state index contributed by atoms with van der Waals surface area (Å²) in [6.07, 6.45) is 10.8. The van der Waals surface area contributed by atoms with Crippen LogP contribution in [0.25, 0.3) is 0 Å². The van der Waals surface area contributed by atoms with Crippen LogP contribution >= 0.6 is 12.4 Å². The molecule has 3 aliphatic carbocycles. The monoisotopic (exact) mass is 286 g/mol. The van der Waals surface area contributed by atoms with E-state index in [1.165, 1.54) is 32.1 Å². The van der Waals surface area contributed by atoms with Crippen molar-refractivity contribution in [1.82, 2.24) is 5.32 Å². The van der Waals surface area contributed by atoms with Gasteiger partial charge in [0.15, 0.2) is 0 Å². The number of hydrogen-bond acceptors (Lipinski definition) is 2. The van der Waals surface area contributed by atoms with Crippen LogP contribution in [0.3, 0.4) is 0 Å². The zero-order valence-corrected chi connectivity index (χ0v) is 12.5. The highest BCUT2D eigenvalue weighted by atomic mass is 35.5. The van der Waals surface area contributed by atoms with Crippen LogP contribution in [-0.2, 0) is 4.79 Å². The number of carbonyl (C=O) groups is 1. The van der Waals surface area contributed by atoms with Crippen LogP contribution in [0.4, 0.5) is 0 Å². The summed E-state index contributed by atoms with van der Waals surface area (Å²) >= 11 is 0. The smallest absolute Gasteiger partial charge is 0.223 e. The summed E-state index contributed by atoms with van der Waals surface area (Å²) in [7, 11) is 0. The number of nitrogens with two attached hydrogens (primary N) is 1. The Balaban J connectivity index is 0.00000133. The van der Waals surface area contributed by atoms with Gasteiger partial charge in [0.25, 0.3) is 0 Å². The second-order valence-electron chi connectivity index (χ2n) is 6.70. The lowest BCUT2D eigenvalue weighted by molar-refractivity contribution is -0.127. The van der Waals surface area contributed by atoms with Crippen molar-refractivity contribution in [3.63, 3.8) is 0 Å². The maximum absolute atomic E-state index is 12.3. The largest absolute Gasteiger partial charge is 0.353 e. The summed E-state index contributed by atoms with van der Waals surface area (Å²) in [6, 6.07) is 0.812. The molecule has 0 aromatic carbocycles. The Hall–Kier alpha value is -0.280. The Morgan fingerprint density at radius 2 is 1.53 bits per heavy atom. The molecule has 0 heterocycles. The van der Waals surface area contributed by atoms with Gasteiger partial charge in [0, 0.05) is 18.0 Å². The number of rotatable bonds is 2. The number of halogens is 1. The molecule has 0 spiro atoms. The van der Waals surface area contributed by atoms with Gasteiger partial charge in [-0.25, -0.2) is 0 Å². The molecule has 0 aromatic heterocycles. The van der Waals surface area contributed by atoms with Crippen LogP contribution < -0.4 is 11.1 Å². The van der Waals surface area contributed by atoms with Crippen LogP contribution in [0, 0.1) is 17.8 Å². The molecule has 2 bridgehead atoms. The topological polar surface area (TPSA) is 55.1 Å². The van der Waals surface area contributed by atoms with Gasteiger partial charge in [0.2, 0.25) is 5.91 Å². The Morgan fingerprint density at radius 3 is 2.11 bits per heavy atom. The van der Waals surface area contributed by atoms with Gasteiger partial charge in [0.1, 0.15) is 0 Å². The van der Waals surface area contributed by atoms with Crippen molar-refractivity contribution < 1.29 is 4.79 Å². The summed E-state index contributed by atoms with van der Waals surface area (Å²) in [5.74, 6) is 1.95. The molecule has 2 unspecified atom stereocenters. The fourth-order valence-electron chi connectivity index (χ4n) is 4.49. The third-order valence-electron chi connectivity index (χ3n) is 5.41. The minimum atomic E-state index is 0. The van der Waals surface area contributed by atoms with E-state index in [4.69, 9.17) is 5.73 Å². The quantitative estimate of drug-likeness (QED) is 0.820. The lowest BCUT2D eigenvalue weighted by Crippen LogP contribution is -2.54. The maximum Gasteiger partial charge on any atom is 0.223 e. The van der Waals surface area contributed by atoms with Crippen molar-refractivity contribution >= 4 is 18.3 Å². The molecule has 0 radical (unpaired) electrons. The van der Waals surface area contributed by atoms with E-state index < -0.39 is 0 Å². The number of carbonyl (C=O) groups excluding carboxylic acids is 1. The third-order valence-corrected chi connectivity index (χ3v) is 5.41. The van der Waals surface area contributed by atoms with Crippen molar-refractivity contribution in [2.24, 2.45) is 23.5 Å². The van der Waals surface area contributed by atoms with Crippen molar-refractivity contribution in [2.75, 3.05) is 0 Å². The Bertz CT molecular complexity index is 303. The SMILES string of the molecule is Cl.NC1CC2CCCC(C1)C2NC(=O)C1CCCC1. The van der Waals surface area contributed by atoms with E-state index in [2.05, 4.69) is 5.32 Å². The first kappa shape index (κ1) is 15.1. The van der Waals surface area contributed by atoms with E-state index in [1.807, 2.05) is 0 Å². The lowest BCUT2D eigenvalue weighted by Gasteiger charge is -2.45. The zero-order valence-electron chi connectivity index (χ0n) is 11.6.